The average Bonchev–Trinajstić information content (AvgIpc) is 2.73. The molecule has 1 aliphatic rings. The smallest absolute Gasteiger partial charge is 0.338 e. The monoisotopic (exact) mass is 494 g/mol. The summed E-state index contributed by atoms with van der Waals surface area (Å²) in [5, 5.41) is 2.67. The molecule has 1 N–H and O–H groups in total. The number of amides is 1. The summed E-state index contributed by atoms with van der Waals surface area (Å²) in [5.74, 6) is -1.34. The number of sulfonamides is 1. The topological polar surface area (TPSA) is 102 Å². The van der Waals surface area contributed by atoms with E-state index in [4.69, 9.17) is 21.1 Å². The number of carbonyl (C=O) groups is 2. The number of hydrogen-bond donors (Lipinski definition) is 1. The second kappa shape index (κ2) is 10.2. The molecule has 10 heteroatoms. The van der Waals surface area contributed by atoms with Gasteiger partial charge in [0.05, 0.1) is 22.8 Å². The molecule has 2 aromatic carbocycles. The number of rotatable bonds is 6. The Bertz CT molecular complexity index is 1140. The summed E-state index contributed by atoms with van der Waals surface area (Å²) in [6.45, 7) is 7.26. The van der Waals surface area contributed by atoms with E-state index in [1.165, 1.54) is 29.4 Å². The molecule has 178 valence electrons. The summed E-state index contributed by atoms with van der Waals surface area (Å²) in [6, 6.07) is 11.1. The van der Waals surface area contributed by atoms with Crippen molar-refractivity contribution >= 4 is 39.2 Å². The Balaban J connectivity index is 1.75. The lowest BCUT2D eigenvalue weighted by Crippen LogP contribution is -2.48. The molecule has 1 fully saturated rings. The van der Waals surface area contributed by atoms with Crippen LogP contribution in [0.1, 0.15) is 36.7 Å². The molecule has 0 radical (unpaired) electrons. The van der Waals surface area contributed by atoms with Crippen LogP contribution in [0, 0.1) is 6.92 Å². The Morgan fingerprint density at radius 3 is 2.45 bits per heavy atom. The number of carbonyl (C=O) groups excluding carboxylic acids is 2. The minimum atomic E-state index is -3.97. The van der Waals surface area contributed by atoms with Gasteiger partial charge in [-0.1, -0.05) is 23.7 Å². The van der Waals surface area contributed by atoms with E-state index in [9.17, 15) is 18.0 Å². The highest BCUT2D eigenvalue weighted by Gasteiger charge is 2.34. The van der Waals surface area contributed by atoms with E-state index in [-0.39, 0.29) is 40.8 Å². The standard InChI is InChI=1S/C23H27ClN2O6S/c1-14-6-5-7-19(10-14)25-22(27)17(4)32-23(28)18-8-9-20(24)21(11-18)33(29,30)26-12-15(2)31-16(3)13-26/h5-11,15-17H,12-13H2,1-4H3,(H,25,27). The quantitative estimate of drug-likeness (QED) is 0.615. The zero-order valence-corrected chi connectivity index (χ0v) is 20.4. The number of morpholine rings is 1. The summed E-state index contributed by atoms with van der Waals surface area (Å²) in [6.07, 6.45) is -1.65. The van der Waals surface area contributed by atoms with Crippen molar-refractivity contribution in [2.75, 3.05) is 18.4 Å². The van der Waals surface area contributed by atoms with E-state index in [0.717, 1.165) is 5.56 Å². The number of aryl methyl sites for hydroxylation is 1. The van der Waals surface area contributed by atoms with Crippen molar-refractivity contribution in [3.8, 4) is 0 Å². The molecule has 2 aromatic rings. The Hall–Kier alpha value is -2.46. The van der Waals surface area contributed by atoms with Crippen LogP contribution in [0.2, 0.25) is 5.02 Å². The van der Waals surface area contributed by atoms with Crippen LogP contribution < -0.4 is 5.32 Å². The van der Waals surface area contributed by atoms with Crippen LogP contribution in [0.25, 0.3) is 0 Å². The van der Waals surface area contributed by atoms with E-state index < -0.39 is 28.0 Å². The maximum Gasteiger partial charge on any atom is 0.338 e. The van der Waals surface area contributed by atoms with Gasteiger partial charge in [0.25, 0.3) is 5.91 Å². The fourth-order valence-corrected chi connectivity index (χ4v) is 5.63. The van der Waals surface area contributed by atoms with Crippen LogP contribution in [-0.4, -0.2) is 56.0 Å². The van der Waals surface area contributed by atoms with Crippen LogP contribution in [0.4, 0.5) is 5.69 Å². The van der Waals surface area contributed by atoms with Crippen molar-refractivity contribution in [3.63, 3.8) is 0 Å². The Labute approximate surface area is 198 Å². The van der Waals surface area contributed by atoms with Crippen LogP contribution in [0.5, 0.6) is 0 Å². The molecule has 1 aliphatic heterocycles. The van der Waals surface area contributed by atoms with Gasteiger partial charge >= 0.3 is 5.97 Å². The second-order valence-corrected chi connectivity index (χ2v) is 10.4. The van der Waals surface area contributed by atoms with Gasteiger partial charge in [0.2, 0.25) is 10.0 Å². The first-order chi connectivity index (χ1) is 15.5. The number of nitrogens with one attached hydrogen (secondary N) is 1. The minimum Gasteiger partial charge on any atom is -0.449 e. The van der Waals surface area contributed by atoms with Crippen molar-refractivity contribution in [2.45, 2.75) is 50.9 Å². The van der Waals surface area contributed by atoms with Gasteiger partial charge in [0, 0.05) is 18.8 Å². The average molecular weight is 495 g/mol. The van der Waals surface area contributed by atoms with Crippen LogP contribution in [0.15, 0.2) is 47.4 Å². The number of halogens is 1. The normalized spacial score (nSPS) is 20.2. The molecule has 3 unspecified atom stereocenters. The van der Waals surface area contributed by atoms with Crippen molar-refractivity contribution in [1.29, 1.82) is 0 Å². The van der Waals surface area contributed by atoms with Gasteiger partial charge in [-0.15, -0.1) is 0 Å². The summed E-state index contributed by atoms with van der Waals surface area (Å²) in [7, 11) is -3.97. The molecule has 0 bridgehead atoms. The Kier molecular flexibility index (Phi) is 7.79. The van der Waals surface area contributed by atoms with Gasteiger partial charge in [0.1, 0.15) is 4.90 Å². The molecule has 33 heavy (non-hydrogen) atoms. The molecule has 3 rings (SSSR count). The number of nitrogens with zero attached hydrogens (tertiary/aromatic N) is 1. The molecular formula is C23H27ClN2O6S. The fraction of sp³-hybridized carbons (Fsp3) is 0.391. The summed E-state index contributed by atoms with van der Waals surface area (Å²) < 4.78 is 38.6. The van der Waals surface area contributed by atoms with Crippen molar-refractivity contribution < 1.29 is 27.5 Å². The minimum absolute atomic E-state index is 0.0106. The highest BCUT2D eigenvalue weighted by molar-refractivity contribution is 7.89. The molecular weight excluding hydrogens is 468 g/mol. The third kappa shape index (κ3) is 6.11. The summed E-state index contributed by atoms with van der Waals surface area (Å²) in [4.78, 5) is 24.9. The Morgan fingerprint density at radius 1 is 1.15 bits per heavy atom. The van der Waals surface area contributed by atoms with Crippen molar-refractivity contribution in [2.24, 2.45) is 0 Å². The number of anilines is 1. The zero-order valence-electron chi connectivity index (χ0n) is 18.9. The van der Waals surface area contributed by atoms with Crippen molar-refractivity contribution in [3.05, 3.63) is 58.6 Å². The van der Waals surface area contributed by atoms with Crippen LogP contribution in [-0.2, 0) is 24.3 Å². The molecule has 0 aromatic heterocycles. The fourth-order valence-electron chi connectivity index (χ4n) is 3.54. The second-order valence-electron chi connectivity index (χ2n) is 8.13. The third-order valence-electron chi connectivity index (χ3n) is 5.11. The van der Waals surface area contributed by atoms with Crippen LogP contribution in [0.3, 0.4) is 0 Å². The van der Waals surface area contributed by atoms with Crippen LogP contribution >= 0.6 is 11.6 Å². The zero-order chi connectivity index (χ0) is 24.3. The van der Waals surface area contributed by atoms with Gasteiger partial charge in [-0.2, -0.15) is 4.31 Å². The number of esters is 1. The largest absolute Gasteiger partial charge is 0.449 e. The van der Waals surface area contributed by atoms with Gasteiger partial charge in [-0.3, -0.25) is 4.79 Å². The SMILES string of the molecule is Cc1cccc(NC(=O)C(C)OC(=O)c2ccc(Cl)c(S(=O)(=O)N3CC(C)OC(C)C3)c2)c1. The molecule has 1 saturated heterocycles. The van der Waals surface area contributed by atoms with E-state index >= 15 is 0 Å². The van der Waals surface area contributed by atoms with E-state index in [1.807, 2.05) is 13.0 Å². The first-order valence-corrected chi connectivity index (χ1v) is 12.3. The maximum absolute atomic E-state index is 13.2. The Morgan fingerprint density at radius 2 is 1.82 bits per heavy atom. The predicted molar refractivity (Wildman–Crippen MR) is 125 cm³/mol. The number of hydrogen-bond acceptors (Lipinski definition) is 6. The molecule has 8 nitrogen and oxygen atoms in total. The summed E-state index contributed by atoms with van der Waals surface area (Å²) in [5.41, 5.74) is 1.52. The highest BCUT2D eigenvalue weighted by atomic mass is 35.5. The lowest BCUT2D eigenvalue weighted by molar-refractivity contribution is -0.123. The third-order valence-corrected chi connectivity index (χ3v) is 7.42. The van der Waals surface area contributed by atoms with Gasteiger partial charge in [-0.05, 0) is 63.6 Å². The molecule has 0 spiro atoms. The van der Waals surface area contributed by atoms with Gasteiger partial charge in [-0.25, -0.2) is 13.2 Å². The number of ether oxygens (including phenoxy) is 2. The molecule has 0 saturated carbocycles. The molecule has 1 amide bonds. The van der Waals surface area contributed by atoms with E-state index in [0.29, 0.717) is 5.69 Å². The molecule has 1 heterocycles. The lowest BCUT2D eigenvalue weighted by Gasteiger charge is -2.34. The van der Waals surface area contributed by atoms with E-state index in [1.54, 1.807) is 32.0 Å². The lowest BCUT2D eigenvalue weighted by atomic mass is 10.2. The molecule has 0 aliphatic carbocycles. The first-order valence-electron chi connectivity index (χ1n) is 10.5. The first kappa shape index (κ1) is 25.2. The van der Waals surface area contributed by atoms with Crippen molar-refractivity contribution in [1.82, 2.24) is 4.31 Å². The maximum atomic E-state index is 13.2. The number of benzene rings is 2. The predicted octanol–water partition coefficient (Wildman–Crippen LogP) is 3.63. The van der Waals surface area contributed by atoms with E-state index in [2.05, 4.69) is 5.32 Å². The summed E-state index contributed by atoms with van der Waals surface area (Å²) >= 11 is 6.18. The van der Waals surface area contributed by atoms with Gasteiger partial charge in [0.15, 0.2) is 6.10 Å². The van der Waals surface area contributed by atoms with Gasteiger partial charge < -0.3 is 14.8 Å². The molecule has 3 atom stereocenters. The highest BCUT2D eigenvalue weighted by Crippen LogP contribution is 2.28.